The van der Waals surface area contributed by atoms with E-state index in [2.05, 4.69) is 60.8 Å². The van der Waals surface area contributed by atoms with Gasteiger partial charge in [-0.05, 0) is 65.5 Å². The van der Waals surface area contributed by atoms with E-state index in [-0.39, 0.29) is 5.91 Å². The fourth-order valence-corrected chi connectivity index (χ4v) is 2.52. The molecule has 0 aliphatic heterocycles. The number of rotatable bonds is 17. The van der Waals surface area contributed by atoms with Crippen molar-refractivity contribution in [1.82, 2.24) is 10.2 Å². The zero-order chi connectivity index (χ0) is 20.0. The lowest BCUT2D eigenvalue weighted by Gasteiger charge is -2.09. The molecule has 0 rings (SSSR count). The number of unbranched alkanes of at least 4 members (excludes halogenated alkanes) is 5. The molecule has 0 spiro atoms. The second-order valence-corrected chi connectivity index (χ2v) is 7.17. The summed E-state index contributed by atoms with van der Waals surface area (Å²) in [6, 6.07) is 0. The molecule has 1 amide bonds. The van der Waals surface area contributed by atoms with Crippen LogP contribution in [0, 0.1) is 0 Å². The Morgan fingerprint density at radius 1 is 0.741 bits per heavy atom. The zero-order valence-corrected chi connectivity index (χ0v) is 18.0. The van der Waals surface area contributed by atoms with E-state index in [0.717, 1.165) is 45.1 Å². The Kier molecular flexibility index (Phi) is 19.5. The molecule has 0 bridgehead atoms. The second kappa shape index (κ2) is 20.7. The van der Waals surface area contributed by atoms with E-state index < -0.39 is 0 Å². The van der Waals surface area contributed by atoms with Crippen molar-refractivity contribution < 1.29 is 4.79 Å². The van der Waals surface area contributed by atoms with Gasteiger partial charge in [0.15, 0.2) is 0 Å². The number of hydrogen-bond donors (Lipinski definition) is 1. The Hall–Kier alpha value is -1.61. The molecule has 154 valence electrons. The summed E-state index contributed by atoms with van der Waals surface area (Å²) in [5.74, 6) is 0.109. The van der Waals surface area contributed by atoms with Crippen molar-refractivity contribution >= 4 is 5.91 Å². The van der Waals surface area contributed by atoms with Crippen LogP contribution in [-0.4, -0.2) is 38.0 Å². The van der Waals surface area contributed by atoms with Crippen LogP contribution < -0.4 is 5.32 Å². The highest BCUT2D eigenvalue weighted by atomic mass is 16.1. The monoisotopic (exact) mass is 374 g/mol. The van der Waals surface area contributed by atoms with Gasteiger partial charge in [0.1, 0.15) is 0 Å². The second-order valence-electron chi connectivity index (χ2n) is 7.17. The number of amides is 1. The molecule has 0 radical (unpaired) electrons. The Balaban J connectivity index is 3.42. The van der Waals surface area contributed by atoms with Crippen molar-refractivity contribution in [2.24, 2.45) is 0 Å². The molecule has 0 aliphatic carbocycles. The number of likely N-dealkylation sites (N-methyl/N-ethyl adjacent to an activating group) is 1. The molecule has 0 aromatic rings. The Labute approximate surface area is 168 Å². The molecule has 0 unspecified atom stereocenters. The zero-order valence-electron chi connectivity index (χ0n) is 18.0. The topological polar surface area (TPSA) is 32.3 Å². The van der Waals surface area contributed by atoms with Crippen molar-refractivity contribution in [3.63, 3.8) is 0 Å². The molecule has 0 aromatic heterocycles. The summed E-state index contributed by atoms with van der Waals surface area (Å²) in [7, 11) is 3.81. The molecular weight excluding hydrogens is 332 g/mol. The van der Waals surface area contributed by atoms with Gasteiger partial charge in [-0.2, -0.15) is 0 Å². The van der Waals surface area contributed by atoms with Gasteiger partial charge in [-0.15, -0.1) is 0 Å². The number of allylic oxidation sites excluding steroid dienone is 8. The van der Waals surface area contributed by atoms with Crippen LogP contribution in [0.2, 0.25) is 0 Å². The van der Waals surface area contributed by atoms with Crippen molar-refractivity contribution in [2.75, 3.05) is 27.2 Å². The third-order valence-electron chi connectivity index (χ3n) is 4.04. The average Bonchev–Trinajstić information content (AvgIpc) is 2.63. The first kappa shape index (κ1) is 25.4. The summed E-state index contributed by atoms with van der Waals surface area (Å²) >= 11 is 0. The summed E-state index contributed by atoms with van der Waals surface area (Å²) in [6.45, 7) is 3.49. The molecule has 3 heteroatoms. The lowest BCUT2D eigenvalue weighted by atomic mass is 10.2. The molecule has 3 nitrogen and oxygen atoms in total. The summed E-state index contributed by atoms with van der Waals surface area (Å²) < 4.78 is 0. The van der Waals surface area contributed by atoms with Crippen molar-refractivity contribution in [3.05, 3.63) is 48.6 Å². The van der Waals surface area contributed by atoms with Gasteiger partial charge in [0, 0.05) is 6.54 Å². The summed E-state index contributed by atoms with van der Waals surface area (Å²) in [4.78, 5) is 13.3. The average molecular weight is 375 g/mol. The molecule has 1 N–H and O–H groups in total. The Bertz CT molecular complexity index is 447. The normalized spacial score (nSPS) is 12.4. The standard InChI is InChI=1S/C24H42N2O/c1-4-5-6-7-8-9-10-11-12-13-14-15-16-17-18-19-20-21-22-25-24(27)23-26(2)3/h8-9,11-12,14-15,17-18H,4-7,10,13,16,19-23H2,1-3H3,(H,25,27). The van der Waals surface area contributed by atoms with Crippen LogP contribution in [-0.2, 0) is 4.79 Å². The van der Waals surface area contributed by atoms with Crippen molar-refractivity contribution in [3.8, 4) is 0 Å². The minimum atomic E-state index is 0.109. The summed E-state index contributed by atoms with van der Waals surface area (Å²) in [6.07, 6.45) is 29.5. The van der Waals surface area contributed by atoms with Gasteiger partial charge in [0.05, 0.1) is 6.54 Å². The lowest BCUT2D eigenvalue weighted by molar-refractivity contribution is -0.121. The molecule has 0 aliphatic rings. The number of carbonyl (C=O) groups is 1. The van der Waals surface area contributed by atoms with E-state index in [1.165, 1.54) is 25.7 Å². The SMILES string of the molecule is CCCCCC=CCC=CCC=CCC=CCCCCNC(=O)CN(C)C. The molecule has 0 fully saturated rings. The van der Waals surface area contributed by atoms with E-state index in [0.29, 0.717) is 6.54 Å². The maximum atomic E-state index is 11.5. The van der Waals surface area contributed by atoms with Crippen LogP contribution in [0.25, 0.3) is 0 Å². The molecule has 0 aromatic carbocycles. The fraction of sp³-hybridized carbons (Fsp3) is 0.625. The van der Waals surface area contributed by atoms with Gasteiger partial charge < -0.3 is 10.2 Å². The third-order valence-corrected chi connectivity index (χ3v) is 4.04. The van der Waals surface area contributed by atoms with E-state index >= 15 is 0 Å². The first-order chi connectivity index (χ1) is 13.2. The van der Waals surface area contributed by atoms with E-state index in [9.17, 15) is 4.79 Å². The van der Waals surface area contributed by atoms with Crippen LogP contribution in [0.15, 0.2) is 48.6 Å². The number of carbonyl (C=O) groups excluding carboxylic acids is 1. The third kappa shape index (κ3) is 22.3. The number of nitrogens with zero attached hydrogens (tertiary/aromatic N) is 1. The van der Waals surface area contributed by atoms with Gasteiger partial charge in [-0.25, -0.2) is 0 Å². The highest BCUT2D eigenvalue weighted by molar-refractivity contribution is 5.77. The van der Waals surface area contributed by atoms with Gasteiger partial charge in [-0.3, -0.25) is 4.79 Å². The minimum Gasteiger partial charge on any atom is -0.355 e. The summed E-state index contributed by atoms with van der Waals surface area (Å²) in [5.41, 5.74) is 0. The fourth-order valence-electron chi connectivity index (χ4n) is 2.52. The Morgan fingerprint density at radius 3 is 1.70 bits per heavy atom. The molecule has 0 heterocycles. The van der Waals surface area contributed by atoms with Crippen LogP contribution >= 0.6 is 0 Å². The largest absolute Gasteiger partial charge is 0.355 e. The van der Waals surface area contributed by atoms with Crippen LogP contribution in [0.3, 0.4) is 0 Å². The van der Waals surface area contributed by atoms with Gasteiger partial charge in [-0.1, -0.05) is 68.4 Å². The highest BCUT2D eigenvalue weighted by Gasteiger charge is 2.00. The van der Waals surface area contributed by atoms with E-state index in [1.807, 2.05) is 19.0 Å². The molecule has 0 atom stereocenters. The predicted octanol–water partition coefficient (Wildman–Crippen LogP) is 5.81. The molecule has 27 heavy (non-hydrogen) atoms. The Morgan fingerprint density at radius 2 is 1.22 bits per heavy atom. The molecule has 0 saturated carbocycles. The molecule has 0 saturated heterocycles. The lowest BCUT2D eigenvalue weighted by Crippen LogP contribution is -2.33. The van der Waals surface area contributed by atoms with Crippen molar-refractivity contribution in [1.29, 1.82) is 0 Å². The quantitative estimate of drug-likeness (QED) is 0.257. The highest BCUT2D eigenvalue weighted by Crippen LogP contribution is 2.01. The maximum Gasteiger partial charge on any atom is 0.234 e. The van der Waals surface area contributed by atoms with Crippen LogP contribution in [0.5, 0.6) is 0 Å². The van der Waals surface area contributed by atoms with Crippen LogP contribution in [0.4, 0.5) is 0 Å². The van der Waals surface area contributed by atoms with E-state index in [4.69, 9.17) is 0 Å². The van der Waals surface area contributed by atoms with Gasteiger partial charge >= 0.3 is 0 Å². The molecular formula is C24H42N2O. The van der Waals surface area contributed by atoms with Crippen molar-refractivity contribution in [2.45, 2.75) is 71.1 Å². The first-order valence-electron chi connectivity index (χ1n) is 10.7. The minimum absolute atomic E-state index is 0.109. The van der Waals surface area contributed by atoms with Gasteiger partial charge in [0.25, 0.3) is 0 Å². The first-order valence-corrected chi connectivity index (χ1v) is 10.7. The number of nitrogens with one attached hydrogen (secondary N) is 1. The van der Waals surface area contributed by atoms with Crippen LogP contribution in [0.1, 0.15) is 71.1 Å². The summed E-state index contributed by atoms with van der Waals surface area (Å²) in [5, 5.41) is 2.94. The number of hydrogen-bond acceptors (Lipinski definition) is 2. The maximum absolute atomic E-state index is 11.5. The van der Waals surface area contributed by atoms with E-state index in [1.54, 1.807) is 0 Å². The van der Waals surface area contributed by atoms with Gasteiger partial charge in [0.2, 0.25) is 5.91 Å². The smallest absolute Gasteiger partial charge is 0.234 e. The predicted molar refractivity (Wildman–Crippen MR) is 120 cm³/mol.